The Morgan fingerprint density at radius 2 is 1.68 bits per heavy atom. The Hall–Kier alpha value is -2.46. The second kappa shape index (κ2) is 8.64. The number of carbonyl (C=O) groups excluding carboxylic acids is 1. The van der Waals surface area contributed by atoms with Crippen LogP contribution in [0.5, 0.6) is 0 Å². The molecule has 0 saturated heterocycles. The lowest BCUT2D eigenvalue weighted by Crippen LogP contribution is -2.48. The van der Waals surface area contributed by atoms with Crippen LogP contribution in [-0.2, 0) is 23.0 Å². The van der Waals surface area contributed by atoms with E-state index in [9.17, 15) is 36.2 Å². The monoisotopic (exact) mass is 506 g/mol. The summed E-state index contributed by atoms with van der Waals surface area (Å²) in [7, 11) is 0. The molecule has 0 bridgehead atoms. The molecule has 2 aromatic rings. The molecule has 1 saturated carbocycles. The van der Waals surface area contributed by atoms with E-state index >= 15 is 0 Å². The minimum atomic E-state index is -5.29. The molecule has 1 amide bonds. The third kappa shape index (κ3) is 4.98. The van der Waals surface area contributed by atoms with Gasteiger partial charge in [-0.2, -0.15) is 26.3 Å². The second-order valence-electron chi connectivity index (χ2n) is 8.73. The largest absolute Gasteiger partial charge is 0.423 e. The molecule has 0 radical (unpaired) electrons. The molecule has 2 aromatic carbocycles. The number of rotatable bonds is 6. The topological polar surface area (TPSA) is 61.4 Å². The quantitative estimate of drug-likeness (QED) is 0.438. The highest BCUT2D eigenvalue weighted by Gasteiger charge is 2.55. The third-order valence-electron chi connectivity index (χ3n) is 6.21. The van der Waals surface area contributed by atoms with Crippen molar-refractivity contribution in [2.45, 2.75) is 49.7 Å². The van der Waals surface area contributed by atoms with Crippen molar-refractivity contribution in [3.05, 3.63) is 63.7 Å². The van der Waals surface area contributed by atoms with Crippen molar-refractivity contribution in [3.63, 3.8) is 0 Å². The van der Waals surface area contributed by atoms with Crippen molar-refractivity contribution in [1.29, 1.82) is 0 Å². The van der Waals surface area contributed by atoms with Crippen molar-refractivity contribution in [2.75, 3.05) is 11.9 Å². The highest BCUT2D eigenvalue weighted by molar-refractivity contribution is 6.30. The Kier molecular flexibility index (Phi) is 6.27. The summed E-state index contributed by atoms with van der Waals surface area (Å²) in [6, 6.07) is 6.06. The molecule has 2 atom stereocenters. The summed E-state index contributed by atoms with van der Waals surface area (Å²) in [4.78, 5) is 12.1. The summed E-state index contributed by atoms with van der Waals surface area (Å²) >= 11 is 5.64. The Morgan fingerprint density at radius 1 is 1.00 bits per heavy atom. The number of alkyl halides is 6. The first-order valence-electron chi connectivity index (χ1n) is 10.6. The van der Waals surface area contributed by atoms with Crippen molar-refractivity contribution in [2.24, 2.45) is 5.92 Å². The number of nitrogens with one attached hydrogen (secondary N) is 2. The van der Waals surface area contributed by atoms with Gasteiger partial charge in [-0.05, 0) is 72.7 Å². The molecule has 0 unspecified atom stereocenters. The van der Waals surface area contributed by atoms with Crippen LogP contribution in [0.1, 0.15) is 47.6 Å². The number of hydrogen-bond acceptors (Lipinski definition) is 3. The van der Waals surface area contributed by atoms with Crippen molar-refractivity contribution < 1.29 is 36.2 Å². The molecule has 0 spiro atoms. The van der Waals surface area contributed by atoms with Crippen LogP contribution in [0.15, 0.2) is 36.4 Å². The number of carbonyl (C=O) groups is 1. The molecule has 3 N–H and O–H groups in total. The lowest BCUT2D eigenvalue weighted by Gasteiger charge is -2.32. The maximum atomic E-state index is 13.9. The predicted molar refractivity (Wildman–Crippen MR) is 113 cm³/mol. The van der Waals surface area contributed by atoms with Gasteiger partial charge in [0.25, 0.3) is 0 Å². The fraction of sp³-hybridized carbons (Fsp3) is 0.435. The van der Waals surface area contributed by atoms with Gasteiger partial charge in [0, 0.05) is 16.6 Å². The number of halogens is 7. The number of anilines is 1. The fourth-order valence-electron chi connectivity index (χ4n) is 4.10. The normalized spacial score (nSPS) is 19.9. The summed E-state index contributed by atoms with van der Waals surface area (Å²) in [5.74, 6) is 0.0458. The van der Waals surface area contributed by atoms with Crippen LogP contribution in [0.4, 0.5) is 32.0 Å². The number of hydrogen-bond donors (Lipinski definition) is 3. The fourth-order valence-corrected chi connectivity index (χ4v) is 4.34. The third-order valence-corrected chi connectivity index (χ3v) is 6.42. The van der Waals surface area contributed by atoms with Crippen molar-refractivity contribution in [1.82, 2.24) is 5.32 Å². The molecule has 11 heteroatoms. The van der Waals surface area contributed by atoms with E-state index in [0.717, 1.165) is 24.0 Å². The smallest absolute Gasteiger partial charge is 0.381 e. The van der Waals surface area contributed by atoms with E-state index < -0.39 is 40.6 Å². The first kappa shape index (κ1) is 24.7. The average molecular weight is 507 g/mol. The van der Waals surface area contributed by atoms with Crippen LogP contribution < -0.4 is 10.6 Å². The zero-order chi connectivity index (χ0) is 24.9. The predicted octanol–water partition coefficient (Wildman–Crippen LogP) is 5.73. The standard InChI is InChI=1S/C23H21ClF6N2O2/c24-16-9-14(8-15(10-16)22(25,26)27)21(34,23(28,29)30)11-31-17-4-5-18-13(7-17)3-6-19(18)32-20(33)12-1-2-12/h4-5,7-10,12,19,31,34H,1-3,6,11H2,(H,32,33)/t19-,21+/m1/s1. The Bertz CT molecular complexity index is 1100. The summed E-state index contributed by atoms with van der Waals surface area (Å²) in [6.07, 6.45) is -7.23. The van der Waals surface area contributed by atoms with Gasteiger partial charge in [0.1, 0.15) is 0 Å². The van der Waals surface area contributed by atoms with E-state index in [4.69, 9.17) is 11.6 Å². The van der Waals surface area contributed by atoms with Crippen LogP contribution in [0.3, 0.4) is 0 Å². The molecule has 0 aromatic heterocycles. The summed E-state index contributed by atoms with van der Waals surface area (Å²) < 4.78 is 80.9. The average Bonchev–Trinajstić information content (AvgIpc) is 3.52. The zero-order valence-corrected chi connectivity index (χ0v) is 18.4. The molecule has 2 aliphatic rings. The van der Waals surface area contributed by atoms with Gasteiger partial charge in [-0.15, -0.1) is 0 Å². The van der Waals surface area contributed by atoms with E-state index in [1.807, 2.05) is 0 Å². The lowest BCUT2D eigenvalue weighted by molar-refractivity contribution is -0.260. The summed E-state index contributed by atoms with van der Waals surface area (Å²) in [6.45, 7) is -1.13. The molecular formula is C23H21ClF6N2O2. The van der Waals surface area contributed by atoms with Crippen LogP contribution in [0, 0.1) is 5.92 Å². The van der Waals surface area contributed by atoms with Crippen LogP contribution in [0.2, 0.25) is 5.02 Å². The Labute approximate surface area is 196 Å². The van der Waals surface area contributed by atoms with E-state index in [1.165, 1.54) is 6.07 Å². The van der Waals surface area contributed by atoms with Gasteiger partial charge in [0.05, 0.1) is 18.2 Å². The number of aliphatic hydroxyl groups is 1. The molecule has 0 aliphatic heterocycles. The van der Waals surface area contributed by atoms with Gasteiger partial charge in [-0.1, -0.05) is 17.7 Å². The van der Waals surface area contributed by atoms with Gasteiger partial charge in [0.15, 0.2) is 0 Å². The SMILES string of the molecule is O=C(N[C@@H]1CCc2cc(NC[C@](O)(c3cc(Cl)cc(C(F)(F)F)c3)C(F)(F)F)ccc21)C1CC1. The van der Waals surface area contributed by atoms with Crippen molar-refractivity contribution in [3.8, 4) is 0 Å². The Morgan fingerprint density at radius 3 is 2.29 bits per heavy atom. The first-order valence-corrected chi connectivity index (χ1v) is 11.0. The number of benzene rings is 2. The molecule has 4 rings (SSSR count). The van der Waals surface area contributed by atoms with Crippen LogP contribution in [-0.4, -0.2) is 23.7 Å². The van der Waals surface area contributed by atoms with E-state index in [0.29, 0.717) is 25.0 Å². The van der Waals surface area contributed by atoms with Gasteiger partial charge < -0.3 is 15.7 Å². The van der Waals surface area contributed by atoms with Crippen LogP contribution in [0.25, 0.3) is 0 Å². The van der Waals surface area contributed by atoms with Crippen LogP contribution >= 0.6 is 11.6 Å². The van der Waals surface area contributed by atoms with Gasteiger partial charge in [-0.3, -0.25) is 4.79 Å². The molecule has 184 valence electrons. The molecule has 4 nitrogen and oxygen atoms in total. The zero-order valence-electron chi connectivity index (χ0n) is 17.7. The van der Waals surface area contributed by atoms with Gasteiger partial charge in [0.2, 0.25) is 11.5 Å². The molecule has 34 heavy (non-hydrogen) atoms. The number of aryl methyl sites for hydroxylation is 1. The lowest BCUT2D eigenvalue weighted by atomic mass is 9.91. The minimum Gasteiger partial charge on any atom is -0.381 e. The molecule has 0 heterocycles. The first-order chi connectivity index (χ1) is 15.8. The van der Waals surface area contributed by atoms with Crippen molar-refractivity contribution >= 4 is 23.2 Å². The maximum absolute atomic E-state index is 13.9. The second-order valence-corrected chi connectivity index (χ2v) is 9.16. The highest BCUT2D eigenvalue weighted by atomic mass is 35.5. The van der Waals surface area contributed by atoms with E-state index in [2.05, 4.69) is 10.6 Å². The summed E-state index contributed by atoms with van der Waals surface area (Å²) in [5, 5.41) is 15.4. The molecule has 2 aliphatic carbocycles. The van der Waals surface area contributed by atoms with E-state index in [1.54, 1.807) is 12.1 Å². The molecular weight excluding hydrogens is 486 g/mol. The Balaban J connectivity index is 1.55. The maximum Gasteiger partial charge on any atom is 0.423 e. The molecule has 1 fully saturated rings. The minimum absolute atomic E-state index is 0.00459. The van der Waals surface area contributed by atoms with Gasteiger partial charge in [-0.25, -0.2) is 0 Å². The van der Waals surface area contributed by atoms with E-state index in [-0.39, 0.29) is 29.6 Å². The summed E-state index contributed by atoms with van der Waals surface area (Å²) in [5.41, 5.74) is -4.07. The highest BCUT2D eigenvalue weighted by Crippen LogP contribution is 2.43. The number of fused-ring (bicyclic) bond motifs is 1. The number of amides is 1. The van der Waals surface area contributed by atoms with Gasteiger partial charge >= 0.3 is 12.4 Å².